The Morgan fingerprint density at radius 3 is 2.67 bits per heavy atom. The molecule has 0 spiro atoms. The highest BCUT2D eigenvalue weighted by molar-refractivity contribution is 5.99. The molecule has 18 heavy (non-hydrogen) atoms. The molecule has 0 saturated carbocycles. The molecule has 0 aliphatic carbocycles. The number of likely N-dealkylation sites (N-methyl/N-ethyl adjacent to an activating group) is 1. The number of hydrogen-bond acceptors (Lipinski definition) is 4. The molecule has 1 amide bonds. The van der Waals surface area contributed by atoms with Crippen LogP contribution >= 0.6 is 0 Å². The van der Waals surface area contributed by atoms with Crippen LogP contribution in [0, 0.1) is 6.92 Å². The fourth-order valence-corrected chi connectivity index (χ4v) is 1.79. The number of pyridine rings is 1. The second-order valence-corrected chi connectivity index (χ2v) is 5.09. The number of anilines is 1. The largest absolute Gasteiger partial charge is 0.389 e. The molecule has 0 radical (unpaired) electrons. The van der Waals surface area contributed by atoms with E-state index in [0.717, 1.165) is 11.4 Å². The molecule has 1 heterocycles. The number of aliphatic hydroxyl groups is 1. The van der Waals surface area contributed by atoms with E-state index < -0.39 is 5.60 Å². The molecular formula is C13H21N3O2. The first-order valence-electron chi connectivity index (χ1n) is 5.87. The van der Waals surface area contributed by atoms with Gasteiger partial charge in [0.15, 0.2) is 0 Å². The second kappa shape index (κ2) is 5.35. The summed E-state index contributed by atoms with van der Waals surface area (Å²) in [7, 11) is 3.43. The van der Waals surface area contributed by atoms with Gasteiger partial charge in [0.2, 0.25) is 0 Å². The summed E-state index contributed by atoms with van der Waals surface area (Å²) in [5.41, 5.74) is 1.19. The van der Waals surface area contributed by atoms with Crippen LogP contribution < -0.4 is 5.32 Å². The molecule has 0 aliphatic heterocycles. The Balaban J connectivity index is 2.96. The second-order valence-electron chi connectivity index (χ2n) is 5.09. The third-order valence-electron chi connectivity index (χ3n) is 2.51. The van der Waals surface area contributed by atoms with Gasteiger partial charge in [-0.1, -0.05) is 0 Å². The Kier molecular flexibility index (Phi) is 4.29. The van der Waals surface area contributed by atoms with Crippen LogP contribution in [-0.2, 0) is 0 Å². The lowest BCUT2D eigenvalue weighted by Crippen LogP contribution is -2.39. The summed E-state index contributed by atoms with van der Waals surface area (Å²) in [5.74, 6) is -0.158. The molecule has 1 rings (SSSR count). The lowest BCUT2D eigenvalue weighted by molar-refractivity contribution is 0.0368. The van der Waals surface area contributed by atoms with Gasteiger partial charge in [0.1, 0.15) is 0 Å². The van der Waals surface area contributed by atoms with E-state index in [4.69, 9.17) is 0 Å². The van der Waals surface area contributed by atoms with Crippen molar-refractivity contribution in [1.82, 2.24) is 9.88 Å². The molecule has 0 aromatic carbocycles. The normalized spacial score (nSPS) is 11.2. The van der Waals surface area contributed by atoms with Crippen molar-refractivity contribution in [2.24, 2.45) is 0 Å². The minimum atomic E-state index is -0.914. The maximum absolute atomic E-state index is 12.2. The molecule has 0 fully saturated rings. The molecule has 2 N–H and O–H groups in total. The number of rotatable bonds is 4. The van der Waals surface area contributed by atoms with Gasteiger partial charge in [0.25, 0.3) is 5.91 Å². The maximum Gasteiger partial charge on any atom is 0.257 e. The van der Waals surface area contributed by atoms with Gasteiger partial charge in [0, 0.05) is 32.5 Å². The average molecular weight is 251 g/mol. The maximum atomic E-state index is 12.2. The van der Waals surface area contributed by atoms with E-state index in [2.05, 4.69) is 10.3 Å². The van der Waals surface area contributed by atoms with E-state index in [0.29, 0.717) is 5.56 Å². The molecular weight excluding hydrogens is 230 g/mol. The van der Waals surface area contributed by atoms with Crippen molar-refractivity contribution in [2.45, 2.75) is 26.4 Å². The summed E-state index contributed by atoms with van der Waals surface area (Å²) >= 11 is 0. The number of carbonyl (C=O) groups excluding carboxylic acids is 1. The zero-order chi connectivity index (χ0) is 13.9. The summed E-state index contributed by atoms with van der Waals surface area (Å²) < 4.78 is 0. The van der Waals surface area contributed by atoms with Gasteiger partial charge < -0.3 is 15.3 Å². The molecule has 0 saturated heterocycles. The van der Waals surface area contributed by atoms with E-state index in [1.165, 1.54) is 4.90 Å². The Morgan fingerprint density at radius 2 is 2.17 bits per heavy atom. The van der Waals surface area contributed by atoms with Crippen molar-refractivity contribution in [1.29, 1.82) is 0 Å². The van der Waals surface area contributed by atoms with E-state index in [1.807, 2.05) is 13.0 Å². The highest BCUT2D eigenvalue weighted by atomic mass is 16.3. The number of aryl methyl sites for hydroxylation is 1. The molecule has 1 aromatic rings. The van der Waals surface area contributed by atoms with Gasteiger partial charge in [-0.3, -0.25) is 9.78 Å². The summed E-state index contributed by atoms with van der Waals surface area (Å²) in [6.07, 6.45) is 1.56. The standard InChI is InChI=1S/C13H21N3O2/c1-9-6-11(14-4)10(7-15-9)12(17)16(5)8-13(2,3)18/h6-7,18H,8H2,1-5H3,(H,14,15). The molecule has 0 aliphatic rings. The van der Waals surface area contributed by atoms with Crippen LogP contribution in [0.1, 0.15) is 29.9 Å². The zero-order valence-corrected chi connectivity index (χ0v) is 11.6. The molecule has 5 heteroatoms. The van der Waals surface area contributed by atoms with Crippen LogP contribution in [0.15, 0.2) is 12.3 Å². The van der Waals surface area contributed by atoms with Crippen molar-refractivity contribution >= 4 is 11.6 Å². The third-order valence-corrected chi connectivity index (χ3v) is 2.51. The Morgan fingerprint density at radius 1 is 1.56 bits per heavy atom. The first-order chi connectivity index (χ1) is 8.24. The summed E-state index contributed by atoms with van der Waals surface area (Å²) in [6, 6.07) is 1.82. The van der Waals surface area contributed by atoms with Gasteiger partial charge in [0.05, 0.1) is 16.9 Å². The minimum Gasteiger partial charge on any atom is -0.389 e. The number of hydrogen-bond donors (Lipinski definition) is 2. The van der Waals surface area contributed by atoms with Crippen LogP contribution in [0.25, 0.3) is 0 Å². The number of aromatic nitrogens is 1. The first kappa shape index (κ1) is 14.4. The van der Waals surface area contributed by atoms with Crippen LogP contribution in [0.5, 0.6) is 0 Å². The SMILES string of the molecule is CNc1cc(C)ncc1C(=O)N(C)CC(C)(C)O. The van der Waals surface area contributed by atoms with E-state index in [1.54, 1.807) is 34.1 Å². The lowest BCUT2D eigenvalue weighted by Gasteiger charge is -2.26. The van der Waals surface area contributed by atoms with Crippen LogP contribution in [0.3, 0.4) is 0 Å². The van der Waals surface area contributed by atoms with Gasteiger partial charge >= 0.3 is 0 Å². The lowest BCUT2D eigenvalue weighted by atomic mass is 10.1. The highest BCUT2D eigenvalue weighted by Crippen LogP contribution is 2.17. The van der Waals surface area contributed by atoms with Crippen molar-refractivity contribution in [3.8, 4) is 0 Å². The summed E-state index contributed by atoms with van der Waals surface area (Å²) in [5, 5.41) is 12.7. The van der Waals surface area contributed by atoms with Gasteiger partial charge in [-0.05, 0) is 26.8 Å². The van der Waals surface area contributed by atoms with Gasteiger partial charge in [-0.15, -0.1) is 0 Å². The van der Waals surface area contributed by atoms with Crippen molar-refractivity contribution in [2.75, 3.05) is 26.0 Å². The monoisotopic (exact) mass is 251 g/mol. The molecule has 1 aromatic heterocycles. The number of carbonyl (C=O) groups is 1. The average Bonchev–Trinajstić information content (AvgIpc) is 2.25. The van der Waals surface area contributed by atoms with Crippen molar-refractivity contribution < 1.29 is 9.90 Å². The third kappa shape index (κ3) is 3.70. The topological polar surface area (TPSA) is 65.5 Å². The number of amides is 1. The molecule has 0 atom stereocenters. The smallest absolute Gasteiger partial charge is 0.257 e. The predicted molar refractivity (Wildman–Crippen MR) is 71.8 cm³/mol. The van der Waals surface area contributed by atoms with Crippen LogP contribution in [0.4, 0.5) is 5.69 Å². The predicted octanol–water partition coefficient (Wildman–Crippen LogP) is 1.27. The van der Waals surface area contributed by atoms with Crippen molar-refractivity contribution in [3.63, 3.8) is 0 Å². The molecule has 0 unspecified atom stereocenters. The Hall–Kier alpha value is -1.62. The summed E-state index contributed by atoms with van der Waals surface area (Å²) in [6.45, 7) is 5.48. The number of nitrogens with one attached hydrogen (secondary N) is 1. The van der Waals surface area contributed by atoms with E-state index >= 15 is 0 Å². The van der Waals surface area contributed by atoms with E-state index in [9.17, 15) is 9.90 Å². The Bertz CT molecular complexity index is 438. The molecule has 5 nitrogen and oxygen atoms in total. The fourth-order valence-electron chi connectivity index (χ4n) is 1.79. The van der Waals surface area contributed by atoms with Crippen LogP contribution in [-0.4, -0.2) is 47.1 Å². The quantitative estimate of drug-likeness (QED) is 0.846. The van der Waals surface area contributed by atoms with Crippen LogP contribution in [0.2, 0.25) is 0 Å². The molecule has 0 bridgehead atoms. The molecule has 100 valence electrons. The highest BCUT2D eigenvalue weighted by Gasteiger charge is 2.22. The van der Waals surface area contributed by atoms with Crippen molar-refractivity contribution in [3.05, 3.63) is 23.5 Å². The Labute approximate surface area is 108 Å². The van der Waals surface area contributed by atoms with Gasteiger partial charge in [-0.25, -0.2) is 0 Å². The van der Waals surface area contributed by atoms with E-state index in [-0.39, 0.29) is 12.5 Å². The minimum absolute atomic E-state index is 0.158. The first-order valence-corrected chi connectivity index (χ1v) is 5.87. The summed E-state index contributed by atoms with van der Waals surface area (Å²) in [4.78, 5) is 17.9. The number of nitrogens with zero attached hydrogens (tertiary/aromatic N) is 2. The zero-order valence-electron chi connectivity index (χ0n) is 11.6. The van der Waals surface area contributed by atoms with Gasteiger partial charge in [-0.2, -0.15) is 0 Å². The fraction of sp³-hybridized carbons (Fsp3) is 0.538.